The fourth-order valence-corrected chi connectivity index (χ4v) is 4.17. The summed E-state index contributed by atoms with van der Waals surface area (Å²) in [5, 5.41) is 2.83. The van der Waals surface area contributed by atoms with E-state index >= 15 is 0 Å². The third-order valence-electron chi connectivity index (χ3n) is 4.45. The van der Waals surface area contributed by atoms with Crippen LogP contribution in [0.3, 0.4) is 0 Å². The van der Waals surface area contributed by atoms with Crippen LogP contribution in [0.4, 0.5) is 0 Å². The molecule has 1 atom stereocenters. The second-order valence-corrected chi connectivity index (χ2v) is 8.19. The van der Waals surface area contributed by atoms with Gasteiger partial charge in [-0.1, -0.05) is 12.1 Å². The van der Waals surface area contributed by atoms with E-state index in [0.717, 1.165) is 25.0 Å². The predicted molar refractivity (Wildman–Crippen MR) is 101 cm³/mol. The Bertz CT molecular complexity index is 916. The van der Waals surface area contributed by atoms with Gasteiger partial charge in [-0.3, -0.25) is 4.79 Å². The van der Waals surface area contributed by atoms with Crippen molar-refractivity contribution in [3.8, 4) is 5.75 Å². The van der Waals surface area contributed by atoms with Gasteiger partial charge in [-0.2, -0.15) is 8.42 Å². The van der Waals surface area contributed by atoms with Crippen LogP contribution in [0.25, 0.3) is 0 Å². The summed E-state index contributed by atoms with van der Waals surface area (Å²) in [6.07, 6.45) is 2.03. The molecule has 1 fully saturated rings. The monoisotopic (exact) mass is 389 g/mol. The van der Waals surface area contributed by atoms with Crippen molar-refractivity contribution in [1.82, 2.24) is 5.32 Å². The van der Waals surface area contributed by atoms with Crippen LogP contribution in [0.15, 0.2) is 47.4 Å². The highest BCUT2D eigenvalue weighted by molar-refractivity contribution is 7.87. The zero-order chi connectivity index (χ0) is 19.4. The number of carbonyl (C=O) groups excluding carboxylic acids is 1. The number of benzene rings is 2. The molecule has 1 saturated heterocycles. The van der Waals surface area contributed by atoms with Crippen LogP contribution in [0.5, 0.6) is 5.75 Å². The summed E-state index contributed by atoms with van der Waals surface area (Å²) < 4.78 is 35.7. The Morgan fingerprint density at radius 1 is 1.19 bits per heavy atom. The summed E-state index contributed by atoms with van der Waals surface area (Å²) >= 11 is 0. The van der Waals surface area contributed by atoms with E-state index in [0.29, 0.717) is 17.7 Å². The standard InChI is InChI=1S/C20H23NO5S/c1-14-5-6-15(2)19(12-14)27(23,24)26-17-9-7-16(8-10-17)20(22)21-13-18-4-3-11-25-18/h5-10,12,18H,3-4,11,13H2,1-2H3,(H,21,22)/t18-/m1/s1. The molecule has 1 heterocycles. The molecule has 1 aliphatic heterocycles. The summed E-state index contributed by atoms with van der Waals surface area (Å²) in [7, 11) is -3.94. The highest BCUT2D eigenvalue weighted by Gasteiger charge is 2.20. The summed E-state index contributed by atoms with van der Waals surface area (Å²) in [6, 6.07) is 11.2. The highest BCUT2D eigenvalue weighted by atomic mass is 32.2. The summed E-state index contributed by atoms with van der Waals surface area (Å²) in [5.74, 6) is -0.0685. The van der Waals surface area contributed by atoms with Gasteiger partial charge in [-0.15, -0.1) is 0 Å². The van der Waals surface area contributed by atoms with Gasteiger partial charge in [0.1, 0.15) is 10.6 Å². The molecule has 1 aliphatic rings. The Kier molecular flexibility index (Phi) is 5.82. The molecule has 6 nitrogen and oxygen atoms in total. The molecule has 144 valence electrons. The average Bonchev–Trinajstić information content (AvgIpc) is 3.15. The molecule has 0 bridgehead atoms. The van der Waals surface area contributed by atoms with Crippen molar-refractivity contribution < 1.29 is 22.1 Å². The Morgan fingerprint density at radius 2 is 1.93 bits per heavy atom. The smallest absolute Gasteiger partial charge is 0.339 e. The van der Waals surface area contributed by atoms with E-state index in [1.165, 1.54) is 12.1 Å². The van der Waals surface area contributed by atoms with Gasteiger partial charge in [-0.25, -0.2) is 0 Å². The molecular weight excluding hydrogens is 366 g/mol. The lowest BCUT2D eigenvalue weighted by Crippen LogP contribution is -2.31. The van der Waals surface area contributed by atoms with Gasteiger partial charge in [0.15, 0.2) is 0 Å². The quantitative estimate of drug-likeness (QED) is 0.768. The molecule has 0 aromatic heterocycles. The maximum Gasteiger partial charge on any atom is 0.339 e. The first-order valence-electron chi connectivity index (χ1n) is 8.87. The minimum Gasteiger partial charge on any atom is -0.379 e. The second-order valence-electron chi connectivity index (χ2n) is 6.68. The molecule has 3 rings (SSSR count). The number of nitrogens with one attached hydrogen (secondary N) is 1. The Hall–Kier alpha value is -2.38. The van der Waals surface area contributed by atoms with Gasteiger partial charge in [0.25, 0.3) is 5.91 Å². The van der Waals surface area contributed by atoms with E-state index in [4.69, 9.17) is 8.92 Å². The number of amides is 1. The molecular formula is C20H23NO5S. The molecule has 0 radical (unpaired) electrons. The zero-order valence-corrected chi connectivity index (χ0v) is 16.2. The predicted octanol–water partition coefficient (Wildman–Crippen LogP) is 2.98. The first-order valence-corrected chi connectivity index (χ1v) is 10.3. The first kappa shape index (κ1) is 19.4. The molecule has 0 aliphatic carbocycles. The molecule has 7 heteroatoms. The minimum absolute atomic E-state index is 0.0688. The van der Waals surface area contributed by atoms with Crippen molar-refractivity contribution in [1.29, 1.82) is 0 Å². The molecule has 2 aromatic rings. The van der Waals surface area contributed by atoms with E-state index in [1.807, 2.05) is 13.0 Å². The van der Waals surface area contributed by atoms with Crippen LogP contribution >= 0.6 is 0 Å². The lowest BCUT2D eigenvalue weighted by atomic mass is 10.2. The van der Waals surface area contributed by atoms with E-state index < -0.39 is 10.1 Å². The van der Waals surface area contributed by atoms with Gasteiger partial charge in [0.05, 0.1) is 6.10 Å². The molecule has 1 N–H and O–H groups in total. The Morgan fingerprint density at radius 3 is 2.59 bits per heavy atom. The number of carbonyl (C=O) groups is 1. The van der Waals surface area contributed by atoms with E-state index in [9.17, 15) is 13.2 Å². The minimum atomic E-state index is -3.94. The van der Waals surface area contributed by atoms with Crippen molar-refractivity contribution in [3.05, 3.63) is 59.2 Å². The van der Waals surface area contributed by atoms with Crippen molar-refractivity contribution in [2.75, 3.05) is 13.2 Å². The molecule has 0 saturated carbocycles. The van der Waals surface area contributed by atoms with Crippen molar-refractivity contribution >= 4 is 16.0 Å². The van der Waals surface area contributed by atoms with Crippen LogP contribution in [0.2, 0.25) is 0 Å². The van der Waals surface area contributed by atoms with Gasteiger partial charge >= 0.3 is 10.1 Å². The van der Waals surface area contributed by atoms with Crippen LogP contribution in [-0.2, 0) is 14.9 Å². The Labute approximate surface area is 159 Å². The zero-order valence-electron chi connectivity index (χ0n) is 15.4. The number of hydrogen-bond acceptors (Lipinski definition) is 5. The third kappa shape index (κ3) is 4.87. The SMILES string of the molecule is Cc1ccc(C)c(S(=O)(=O)Oc2ccc(C(=O)NC[C@H]3CCCO3)cc2)c1. The number of aryl methyl sites for hydroxylation is 2. The van der Waals surface area contributed by atoms with Crippen LogP contribution < -0.4 is 9.50 Å². The molecule has 27 heavy (non-hydrogen) atoms. The lowest BCUT2D eigenvalue weighted by molar-refractivity contribution is 0.0858. The second kappa shape index (κ2) is 8.10. The maximum atomic E-state index is 12.5. The first-order chi connectivity index (χ1) is 12.8. The highest BCUT2D eigenvalue weighted by Crippen LogP contribution is 2.22. The van der Waals surface area contributed by atoms with Gasteiger partial charge in [0.2, 0.25) is 0 Å². The fraction of sp³-hybridized carbons (Fsp3) is 0.350. The molecule has 2 aromatic carbocycles. The number of ether oxygens (including phenoxy) is 1. The fourth-order valence-electron chi connectivity index (χ4n) is 2.92. The third-order valence-corrected chi connectivity index (χ3v) is 5.84. The largest absolute Gasteiger partial charge is 0.379 e. The lowest BCUT2D eigenvalue weighted by Gasteiger charge is -2.12. The van der Waals surface area contributed by atoms with Crippen molar-refractivity contribution in [2.45, 2.75) is 37.7 Å². The van der Waals surface area contributed by atoms with E-state index in [-0.39, 0.29) is 22.7 Å². The summed E-state index contributed by atoms with van der Waals surface area (Å²) in [4.78, 5) is 12.3. The van der Waals surface area contributed by atoms with E-state index in [1.54, 1.807) is 31.2 Å². The van der Waals surface area contributed by atoms with E-state index in [2.05, 4.69) is 5.32 Å². The van der Waals surface area contributed by atoms with Crippen LogP contribution in [0, 0.1) is 13.8 Å². The topological polar surface area (TPSA) is 81.7 Å². The maximum absolute atomic E-state index is 12.5. The van der Waals surface area contributed by atoms with Crippen molar-refractivity contribution in [3.63, 3.8) is 0 Å². The summed E-state index contributed by atoms with van der Waals surface area (Å²) in [6.45, 7) is 4.75. The Balaban J connectivity index is 1.66. The van der Waals surface area contributed by atoms with Gasteiger partial charge < -0.3 is 14.2 Å². The number of rotatable bonds is 6. The van der Waals surface area contributed by atoms with Crippen LogP contribution in [-0.4, -0.2) is 33.6 Å². The summed E-state index contributed by atoms with van der Waals surface area (Å²) in [5.41, 5.74) is 1.89. The van der Waals surface area contributed by atoms with Crippen LogP contribution in [0.1, 0.15) is 34.3 Å². The van der Waals surface area contributed by atoms with Gasteiger partial charge in [-0.05, 0) is 68.1 Å². The average molecular weight is 389 g/mol. The molecule has 0 unspecified atom stereocenters. The normalized spacial score (nSPS) is 16.9. The molecule has 1 amide bonds. The van der Waals surface area contributed by atoms with Gasteiger partial charge in [0, 0.05) is 18.7 Å². The number of hydrogen-bond donors (Lipinski definition) is 1. The van der Waals surface area contributed by atoms with Crippen molar-refractivity contribution in [2.24, 2.45) is 0 Å². The molecule has 0 spiro atoms.